The third-order valence-corrected chi connectivity index (χ3v) is 4.86. The molecule has 0 unspecified atom stereocenters. The molecule has 0 saturated carbocycles. The summed E-state index contributed by atoms with van der Waals surface area (Å²) in [5, 5.41) is 0. The van der Waals surface area contributed by atoms with Crippen LogP contribution >= 0.6 is 0 Å². The number of hydrogen-bond donors (Lipinski definition) is 0. The van der Waals surface area contributed by atoms with Crippen molar-refractivity contribution in [3.8, 4) is 0 Å². The van der Waals surface area contributed by atoms with Crippen LogP contribution in [0.3, 0.4) is 0 Å². The first kappa shape index (κ1) is 17.8. The van der Waals surface area contributed by atoms with Crippen molar-refractivity contribution in [3.63, 3.8) is 0 Å². The molecule has 1 aliphatic carbocycles. The summed E-state index contributed by atoms with van der Waals surface area (Å²) in [4.78, 5) is 50.5. The number of carbonyl (C=O) groups excluding carboxylic acids is 4. The van der Waals surface area contributed by atoms with Gasteiger partial charge in [-0.25, -0.2) is 4.79 Å². The van der Waals surface area contributed by atoms with Crippen LogP contribution in [0.2, 0.25) is 0 Å². The molecule has 0 spiro atoms. The maximum atomic E-state index is 12.7. The lowest BCUT2D eigenvalue weighted by Crippen LogP contribution is -2.50. The number of carbonyl (C=O) groups is 4. The van der Waals surface area contributed by atoms with Crippen LogP contribution in [0.5, 0.6) is 0 Å². The minimum absolute atomic E-state index is 0.277. The number of amides is 2. The molecule has 3 atom stereocenters. The lowest BCUT2D eigenvalue weighted by Gasteiger charge is -2.32. The Morgan fingerprint density at radius 1 is 1.00 bits per heavy atom. The van der Waals surface area contributed by atoms with Crippen molar-refractivity contribution in [1.82, 2.24) is 4.90 Å². The van der Waals surface area contributed by atoms with Gasteiger partial charge in [-0.2, -0.15) is 0 Å². The Bertz CT molecular complexity index is 764. The van der Waals surface area contributed by atoms with E-state index in [1.165, 1.54) is 14.2 Å². The number of nitrogens with zero attached hydrogens (tertiary/aromatic N) is 1. The molecule has 1 heterocycles. The molecule has 0 fully saturated rings. The summed E-state index contributed by atoms with van der Waals surface area (Å²) in [6, 6.07) is 5.40. The van der Waals surface area contributed by atoms with Gasteiger partial charge in [0.25, 0.3) is 11.8 Å². The minimum Gasteiger partial charge on any atom is -0.469 e. The van der Waals surface area contributed by atoms with E-state index in [-0.39, 0.29) is 17.1 Å². The van der Waals surface area contributed by atoms with Crippen molar-refractivity contribution in [3.05, 3.63) is 47.5 Å². The van der Waals surface area contributed by atoms with Gasteiger partial charge in [-0.1, -0.05) is 24.3 Å². The number of esters is 2. The van der Waals surface area contributed by atoms with Crippen molar-refractivity contribution in [2.24, 2.45) is 11.8 Å². The predicted molar refractivity (Wildman–Crippen MR) is 90.1 cm³/mol. The van der Waals surface area contributed by atoms with Gasteiger partial charge in [0.2, 0.25) is 0 Å². The van der Waals surface area contributed by atoms with Crippen LogP contribution in [-0.4, -0.2) is 48.9 Å². The van der Waals surface area contributed by atoms with E-state index in [9.17, 15) is 19.2 Å². The van der Waals surface area contributed by atoms with Gasteiger partial charge in [-0.05, 0) is 25.0 Å². The van der Waals surface area contributed by atoms with Crippen LogP contribution in [0.4, 0.5) is 0 Å². The van der Waals surface area contributed by atoms with Gasteiger partial charge in [0.15, 0.2) is 0 Å². The van der Waals surface area contributed by atoms with Gasteiger partial charge in [0, 0.05) is 5.92 Å². The first-order chi connectivity index (χ1) is 12.5. The molecule has 2 aliphatic rings. The van der Waals surface area contributed by atoms with Gasteiger partial charge < -0.3 is 9.47 Å². The highest BCUT2D eigenvalue weighted by molar-refractivity contribution is 6.22. The number of rotatable bonds is 4. The average Bonchev–Trinajstić information content (AvgIpc) is 2.93. The first-order valence-corrected chi connectivity index (χ1v) is 8.30. The normalized spacial score (nSPS) is 22.8. The molecule has 136 valence electrons. The highest BCUT2D eigenvalue weighted by Gasteiger charge is 2.46. The molecule has 7 nitrogen and oxygen atoms in total. The lowest BCUT2D eigenvalue weighted by atomic mass is 9.83. The second-order valence-corrected chi connectivity index (χ2v) is 6.25. The summed E-state index contributed by atoms with van der Waals surface area (Å²) in [5.41, 5.74) is 0.553. The number of imide groups is 1. The van der Waals surface area contributed by atoms with Crippen LogP contribution in [-0.2, 0) is 19.1 Å². The average molecular weight is 357 g/mol. The Labute approximate surface area is 150 Å². The second-order valence-electron chi connectivity index (χ2n) is 6.25. The van der Waals surface area contributed by atoms with Crippen LogP contribution < -0.4 is 0 Å². The number of fused-ring (bicyclic) bond motifs is 1. The van der Waals surface area contributed by atoms with Crippen molar-refractivity contribution >= 4 is 23.8 Å². The van der Waals surface area contributed by atoms with Crippen LogP contribution in [0.15, 0.2) is 36.4 Å². The topological polar surface area (TPSA) is 90.0 Å². The lowest BCUT2D eigenvalue weighted by molar-refractivity contribution is -0.146. The molecule has 26 heavy (non-hydrogen) atoms. The number of benzene rings is 1. The van der Waals surface area contributed by atoms with Gasteiger partial charge in [-0.3, -0.25) is 19.3 Å². The standard InChI is InChI=1S/C19H19NO6/c1-25-18(23)12-9-7-11(8-10-12)15(19(24)26-2)20-16(21)13-5-3-4-6-14(13)17(20)22/h3-7,9,11-12,15H,8,10H2,1-2H3/t11-,12+,15+/m0/s1. The third kappa shape index (κ3) is 2.89. The minimum atomic E-state index is -1.07. The molecule has 0 aromatic heterocycles. The Morgan fingerprint density at radius 2 is 1.62 bits per heavy atom. The largest absolute Gasteiger partial charge is 0.469 e. The Balaban J connectivity index is 1.92. The van der Waals surface area contributed by atoms with E-state index in [4.69, 9.17) is 9.47 Å². The van der Waals surface area contributed by atoms with Gasteiger partial charge in [0.05, 0.1) is 31.3 Å². The van der Waals surface area contributed by atoms with E-state index in [0.717, 1.165) is 4.90 Å². The Hall–Kier alpha value is -2.96. The van der Waals surface area contributed by atoms with E-state index >= 15 is 0 Å². The van der Waals surface area contributed by atoms with E-state index in [1.807, 2.05) is 0 Å². The highest BCUT2D eigenvalue weighted by Crippen LogP contribution is 2.33. The molecule has 1 aromatic rings. The summed E-state index contributed by atoms with van der Waals surface area (Å²) in [6.45, 7) is 0. The molecule has 1 aliphatic heterocycles. The Morgan fingerprint density at radius 3 is 2.08 bits per heavy atom. The SMILES string of the molecule is COC(=O)[C@@H]1C=C[C@H]([C@H](C(=O)OC)N2C(=O)c3ccccc3C2=O)CC1. The number of methoxy groups -OCH3 is 2. The first-order valence-electron chi connectivity index (χ1n) is 8.30. The predicted octanol–water partition coefficient (Wildman–Crippen LogP) is 1.58. The fourth-order valence-electron chi connectivity index (χ4n) is 3.51. The summed E-state index contributed by atoms with van der Waals surface area (Å²) < 4.78 is 9.59. The molecule has 0 saturated heterocycles. The fourth-order valence-corrected chi connectivity index (χ4v) is 3.51. The molecule has 0 N–H and O–H groups in total. The molecule has 0 radical (unpaired) electrons. The van der Waals surface area contributed by atoms with Crippen molar-refractivity contribution in [1.29, 1.82) is 0 Å². The summed E-state index contributed by atoms with van der Waals surface area (Å²) in [7, 11) is 2.54. The van der Waals surface area contributed by atoms with Gasteiger partial charge in [0.1, 0.15) is 6.04 Å². The number of ether oxygens (including phenoxy) is 2. The second kappa shape index (κ2) is 7.11. The summed E-state index contributed by atoms with van der Waals surface area (Å²) >= 11 is 0. The van der Waals surface area contributed by atoms with Crippen molar-refractivity contribution < 1.29 is 28.7 Å². The van der Waals surface area contributed by atoms with Gasteiger partial charge >= 0.3 is 11.9 Å². The summed E-state index contributed by atoms with van der Waals surface area (Å²) in [5.74, 6) is -2.85. The molecule has 1 aromatic carbocycles. The molecule has 0 bridgehead atoms. The van der Waals surface area contributed by atoms with Crippen molar-refractivity contribution in [2.45, 2.75) is 18.9 Å². The zero-order valence-electron chi connectivity index (χ0n) is 14.5. The summed E-state index contributed by atoms with van der Waals surface area (Å²) in [6.07, 6.45) is 4.26. The van der Waals surface area contributed by atoms with E-state index < -0.39 is 35.7 Å². The van der Waals surface area contributed by atoms with Crippen LogP contribution in [0.25, 0.3) is 0 Å². The van der Waals surface area contributed by atoms with Crippen LogP contribution in [0.1, 0.15) is 33.6 Å². The highest BCUT2D eigenvalue weighted by atomic mass is 16.5. The quantitative estimate of drug-likeness (QED) is 0.462. The van der Waals surface area contributed by atoms with E-state index in [0.29, 0.717) is 12.8 Å². The fraction of sp³-hybridized carbons (Fsp3) is 0.368. The zero-order chi connectivity index (χ0) is 18.8. The maximum absolute atomic E-state index is 12.7. The molecular weight excluding hydrogens is 338 g/mol. The van der Waals surface area contributed by atoms with E-state index in [2.05, 4.69) is 0 Å². The third-order valence-electron chi connectivity index (χ3n) is 4.86. The molecule has 3 rings (SSSR count). The molecular formula is C19H19NO6. The van der Waals surface area contributed by atoms with Gasteiger partial charge in [-0.15, -0.1) is 0 Å². The Kier molecular flexibility index (Phi) is 4.88. The maximum Gasteiger partial charge on any atom is 0.329 e. The van der Waals surface area contributed by atoms with Crippen molar-refractivity contribution in [2.75, 3.05) is 14.2 Å². The molecule has 2 amide bonds. The van der Waals surface area contributed by atoms with E-state index in [1.54, 1.807) is 36.4 Å². The number of hydrogen-bond acceptors (Lipinski definition) is 6. The zero-order valence-corrected chi connectivity index (χ0v) is 14.5. The monoisotopic (exact) mass is 357 g/mol. The van der Waals surface area contributed by atoms with Crippen LogP contribution in [0, 0.1) is 11.8 Å². The smallest absolute Gasteiger partial charge is 0.329 e. The molecule has 7 heteroatoms.